The molecule has 2 fully saturated rings. The van der Waals surface area contributed by atoms with Gasteiger partial charge in [-0.15, -0.1) is 10.2 Å². The second-order valence-electron chi connectivity index (χ2n) is 11.0. The molecule has 37 heavy (non-hydrogen) atoms. The third-order valence-electron chi connectivity index (χ3n) is 7.49. The number of aromatic nitrogens is 6. The zero-order valence-electron chi connectivity index (χ0n) is 21.6. The van der Waals surface area contributed by atoms with Crippen molar-refractivity contribution >= 4 is 22.8 Å². The molecule has 0 saturated carbocycles. The van der Waals surface area contributed by atoms with Crippen molar-refractivity contribution in [3.63, 3.8) is 0 Å². The van der Waals surface area contributed by atoms with Gasteiger partial charge in [-0.3, -0.25) is 5.10 Å². The molecule has 2 aliphatic heterocycles. The minimum absolute atomic E-state index is 0.186. The van der Waals surface area contributed by atoms with E-state index in [1.165, 1.54) is 0 Å². The van der Waals surface area contributed by atoms with Crippen LogP contribution in [0.25, 0.3) is 27.8 Å². The van der Waals surface area contributed by atoms with Gasteiger partial charge in [-0.05, 0) is 76.8 Å². The number of fused-ring (bicyclic) bond motifs is 3. The molecule has 3 aromatic heterocycles. The first-order chi connectivity index (χ1) is 17.8. The Balaban J connectivity index is 1.19. The quantitative estimate of drug-likeness (QED) is 0.437. The van der Waals surface area contributed by atoms with E-state index in [4.69, 9.17) is 4.74 Å². The zero-order chi connectivity index (χ0) is 25.7. The Kier molecular flexibility index (Phi) is 5.62. The highest BCUT2D eigenvalue weighted by atomic mass is 16.6. The van der Waals surface area contributed by atoms with Gasteiger partial charge in [0, 0.05) is 48.5 Å². The lowest BCUT2D eigenvalue weighted by atomic mass is 9.96. The summed E-state index contributed by atoms with van der Waals surface area (Å²) in [6, 6.07) is 10.7. The molecule has 4 aromatic rings. The van der Waals surface area contributed by atoms with Gasteiger partial charge in [0.05, 0.1) is 23.1 Å². The number of hydrogen-bond donors (Lipinski definition) is 1. The predicted molar refractivity (Wildman–Crippen MR) is 141 cm³/mol. The summed E-state index contributed by atoms with van der Waals surface area (Å²) in [4.78, 5) is 17.0. The first-order valence-corrected chi connectivity index (χ1v) is 12.8. The van der Waals surface area contributed by atoms with E-state index in [1.54, 1.807) is 6.20 Å². The summed E-state index contributed by atoms with van der Waals surface area (Å²) in [7, 11) is 2.07. The van der Waals surface area contributed by atoms with Crippen molar-refractivity contribution in [2.75, 3.05) is 11.9 Å². The van der Waals surface area contributed by atoms with Crippen molar-refractivity contribution in [2.24, 2.45) is 0 Å². The number of hydrogen-bond acceptors (Lipinski definition) is 7. The number of nitrogens with one attached hydrogen (secondary N) is 1. The highest BCUT2D eigenvalue weighted by Gasteiger charge is 2.46. The summed E-state index contributed by atoms with van der Waals surface area (Å²) in [6.07, 6.45) is 9.14. The molecule has 0 unspecified atom stereocenters. The molecule has 1 amide bonds. The minimum Gasteiger partial charge on any atom is -0.444 e. The molecule has 192 valence electrons. The van der Waals surface area contributed by atoms with Gasteiger partial charge in [0.2, 0.25) is 0 Å². The second-order valence-corrected chi connectivity index (χ2v) is 11.0. The van der Waals surface area contributed by atoms with Crippen LogP contribution in [0.3, 0.4) is 0 Å². The van der Waals surface area contributed by atoms with Crippen LogP contribution in [0.1, 0.15) is 46.5 Å². The zero-order valence-corrected chi connectivity index (χ0v) is 21.6. The third kappa shape index (κ3) is 4.30. The molecule has 1 N–H and O–H groups in total. The highest BCUT2D eigenvalue weighted by Crippen LogP contribution is 2.39. The van der Waals surface area contributed by atoms with Crippen molar-refractivity contribution in [3.05, 3.63) is 48.9 Å². The molecule has 10 heteroatoms. The van der Waals surface area contributed by atoms with Gasteiger partial charge in [-0.25, -0.2) is 9.48 Å². The number of nitrogens with zero attached hydrogens (tertiary/aromatic N) is 7. The number of ether oxygens (including phenoxy) is 1. The first-order valence-electron chi connectivity index (χ1n) is 12.8. The summed E-state index contributed by atoms with van der Waals surface area (Å²) < 4.78 is 7.51. The molecule has 10 nitrogen and oxygen atoms in total. The number of piperidine rings is 1. The van der Waals surface area contributed by atoms with E-state index in [2.05, 4.69) is 37.4 Å². The molecule has 6 rings (SSSR count). The largest absolute Gasteiger partial charge is 0.444 e. The van der Waals surface area contributed by atoms with E-state index in [9.17, 15) is 4.79 Å². The van der Waals surface area contributed by atoms with E-state index < -0.39 is 5.60 Å². The molecule has 0 aliphatic carbocycles. The van der Waals surface area contributed by atoms with Gasteiger partial charge in [-0.1, -0.05) is 0 Å². The van der Waals surface area contributed by atoms with Crippen LogP contribution in [-0.4, -0.2) is 71.9 Å². The maximum atomic E-state index is 12.8. The van der Waals surface area contributed by atoms with Crippen LogP contribution in [0.4, 0.5) is 10.6 Å². The van der Waals surface area contributed by atoms with Crippen LogP contribution in [0, 0.1) is 0 Å². The van der Waals surface area contributed by atoms with Crippen LogP contribution in [0.15, 0.2) is 48.9 Å². The Morgan fingerprint density at radius 3 is 2.54 bits per heavy atom. The monoisotopic (exact) mass is 500 g/mol. The van der Waals surface area contributed by atoms with Crippen molar-refractivity contribution in [1.29, 1.82) is 0 Å². The van der Waals surface area contributed by atoms with Crippen LogP contribution >= 0.6 is 0 Å². The number of benzene rings is 1. The first kappa shape index (κ1) is 23.4. The maximum Gasteiger partial charge on any atom is 0.410 e. The Bertz CT molecular complexity index is 1390. The molecule has 2 aliphatic rings. The fourth-order valence-electron chi connectivity index (χ4n) is 5.77. The lowest BCUT2D eigenvalue weighted by Gasteiger charge is -2.42. The van der Waals surface area contributed by atoms with Gasteiger partial charge >= 0.3 is 6.09 Å². The van der Waals surface area contributed by atoms with Gasteiger partial charge in [0.15, 0.2) is 5.82 Å². The third-order valence-corrected chi connectivity index (χ3v) is 7.49. The maximum absolute atomic E-state index is 12.8. The Morgan fingerprint density at radius 2 is 1.89 bits per heavy atom. The predicted octanol–water partition coefficient (Wildman–Crippen LogP) is 4.57. The number of carbonyl (C=O) groups excluding carboxylic acids is 1. The average molecular weight is 501 g/mol. The minimum atomic E-state index is -0.483. The molecule has 2 saturated heterocycles. The standard InChI is InChI=1S/C27H32N8O2/c1-27(2,3)37-26(36)35-17-6-7-18(35)15-19(14-17)33(4)24-11-9-22(30-31-24)20-8-10-23(34-13-5-12-29-34)21-16-28-32-25(20)21/h5,8-13,16-19H,6-7,14-15H2,1-4H3,(H,28,32)/t17-,18+,19-. The smallest absolute Gasteiger partial charge is 0.410 e. The number of carbonyl (C=O) groups is 1. The Labute approximate surface area is 215 Å². The average Bonchev–Trinajstić information content (AvgIpc) is 3.62. The summed E-state index contributed by atoms with van der Waals surface area (Å²) in [5.74, 6) is 0.827. The molecule has 0 spiro atoms. The van der Waals surface area contributed by atoms with Crippen molar-refractivity contribution in [1.82, 2.24) is 35.1 Å². The Hall–Kier alpha value is -3.95. The molecule has 2 bridgehead atoms. The molecular weight excluding hydrogens is 468 g/mol. The molecule has 3 atom stereocenters. The van der Waals surface area contributed by atoms with Crippen LogP contribution < -0.4 is 4.90 Å². The van der Waals surface area contributed by atoms with Gasteiger partial charge in [0.25, 0.3) is 0 Å². The molecule has 5 heterocycles. The number of amides is 1. The lowest BCUT2D eigenvalue weighted by molar-refractivity contribution is 0.00597. The van der Waals surface area contributed by atoms with Crippen molar-refractivity contribution in [2.45, 2.75) is 70.2 Å². The number of anilines is 1. The Morgan fingerprint density at radius 1 is 1.11 bits per heavy atom. The van der Waals surface area contributed by atoms with E-state index in [1.807, 2.05) is 73.1 Å². The van der Waals surface area contributed by atoms with Crippen molar-refractivity contribution < 1.29 is 9.53 Å². The summed E-state index contributed by atoms with van der Waals surface area (Å²) in [5, 5.41) is 21.9. The normalized spacial score (nSPS) is 21.4. The molecular formula is C27H32N8O2. The highest BCUT2D eigenvalue weighted by molar-refractivity contribution is 5.97. The second kappa shape index (κ2) is 8.86. The number of H-pyrrole nitrogens is 1. The van der Waals surface area contributed by atoms with Crippen LogP contribution in [0.2, 0.25) is 0 Å². The van der Waals surface area contributed by atoms with Crippen molar-refractivity contribution in [3.8, 4) is 16.9 Å². The SMILES string of the molecule is CN(c1ccc(-c2ccc(-n3cccn3)c3cn[nH]c23)nn1)[C@@H]1C[C@H]2CC[C@@H](C1)N2C(=O)OC(C)(C)C. The molecule has 0 radical (unpaired) electrons. The van der Waals surface area contributed by atoms with Gasteiger partial charge in [0.1, 0.15) is 5.60 Å². The van der Waals surface area contributed by atoms with E-state index in [0.717, 1.165) is 59.3 Å². The van der Waals surface area contributed by atoms with E-state index >= 15 is 0 Å². The van der Waals surface area contributed by atoms with Crippen LogP contribution in [0.5, 0.6) is 0 Å². The van der Waals surface area contributed by atoms with Crippen LogP contribution in [-0.2, 0) is 4.74 Å². The summed E-state index contributed by atoms with van der Waals surface area (Å²) in [5.41, 5.74) is 3.08. The summed E-state index contributed by atoms with van der Waals surface area (Å²) in [6.45, 7) is 5.75. The number of rotatable bonds is 4. The lowest BCUT2D eigenvalue weighted by Crippen LogP contribution is -2.53. The molecule has 1 aromatic carbocycles. The topological polar surface area (TPSA) is 105 Å². The van der Waals surface area contributed by atoms with E-state index in [0.29, 0.717) is 6.04 Å². The fraction of sp³-hybridized carbons (Fsp3) is 0.444. The van der Waals surface area contributed by atoms with Gasteiger partial charge < -0.3 is 14.5 Å². The van der Waals surface area contributed by atoms with Gasteiger partial charge in [-0.2, -0.15) is 10.2 Å². The summed E-state index contributed by atoms with van der Waals surface area (Å²) >= 11 is 0. The fourth-order valence-corrected chi connectivity index (χ4v) is 5.77. The number of aromatic amines is 1. The van der Waals surface area contributed by atoms with E-state index in [-0.39, 0.29) is 18.2 Å².